The first-order valence-electron chi connectivity index (χ1n) is 8.01. The first-order valence-corrected chi connectivity index (χ1v) is 8.01. The predicted molar refractivity (Wildman–Crippen MR) is 91.5 cm³/mol. The molecular formula is C19H15F4N3O. The quantitative estimate of drug-likeness (QED) is 0.626. The fraction of sp³-hybridized carbons (Fsp3) is 0.158. The lowest BCUT2D eigenvalue weighted by Crippen LogP contribution is -2.09. The van der Waals surface area contributed by atoms with Crippen molar-refractivity contribution in [2.24, 2.45) is 0 Å². The molecule has 4 nitrogen and oxygen atoms in total. The summed E-state index contributed by atoms with van der Waals surface area (Å²) < 4.78 is 57.6. The van der Waals surface area contributed by atoms with Gasteiger partial charge in [0.25, 0.3) is 0 Å². The number of nitrogens with zero attached hydrogens (tertiary/aromatic N) is 2. The molecule has 0 amide bonds. The third-order valence-corrected chi connectivity index (χ3v) is 3.65. The number of anilines is 1. The average Bonchev–Trinajstić information content (AvgIpc) is 2.67. The van der Waals surface area contributed by atoms with Crippen LogP contribution in [-0.4, -0.2) is 9.97 Å². The van der Waals surface area contributed by atoms with Crippen molar-refractivity contribution < 1.29 is 22.3 Å². The van der Waals surface area contributed by atoms with Gasteiger partial charge in [0.1, 0.15) is 6.61 Å². The van der Waals surface area contributed by atoms with Gasteiger partial charge in [0.15, 0.2) is 11.6 Å². The summed E-state index contributed by atoms with van der Waals surface area (Å²) >= 11 is 0. The normalized spacial score (nSPS) is 11.3. The fourth-order valence-corrected chi connectivity index (χ4v) is 2.31. The lowest BCUT2D eigenvalue weighted by Gasteiger charge is -2.11. The molecule has 0 atom stereocenters. The van der Waals surface area contributed by atoms with Gasteiger partial charge in [0, 0.05) is 6.54 Å². The predicted octanol–water partition coefficient (Wildman–Crippen LogP) is 4.83. The molecule has 27 heavy (non-hydrogen) atoms. The number of hydrogen-bond acceptors (Lipinski definition) is 4. The van der Waals surface area contributed by atoms with Crippen LogP contribution in [0.4, 0.5) is 23.4 Å². The van der Waals surface area contributed by atoms with Crippen LogP contribution in [0.25, 0.3) is 0 Å². The summed E-state index contributed by atoms with van der Waals surface area (Å²) in [7, 11) is 0. The Hall–Kier alpha value is -3.16. The zero-order chi connectivity index (χ0) is 19.3. The van der Waals surface area contributed by atoms with E-state index >= 15 is 0 Å². The van der Waals surface area contributed by atoms with Crippen molar-refractivity contribution in [1.29, 1.82) is 0 Å². The van der Waals surface area contributed by atoms with E-state index in [9.17, 15) is 17.6 Å². The van der Waals surface area contributed by atoms with E-state index in [0.717, 1.165) is 23.9 Å². The van der Waals surface area contributed by atoms with E-state index in [1.54, 1.807) is 0 Å². The molecule has 8 heteroatoms. The van der Waals surface area contributed by atoms with Gasteiger partial charge in [-0.25, -0.2) is 9.37 Å². The third kappa shape index (κ3) is 5.16. The van der Waals surface area contributed by atoms with Gasteiger partial charge in [-0.2, -0.15) is 18.2 Å². The monoisotopic (exact) mass is 377 g/mol. The van der Waals surface area contributed by atoms with E-state index in [2.05, 4.69) is 15.3 Å². The van der Waals surface area contributed by atoms with Crippen molar-refractivity contribution in [1.82, 2.24) is 9.97 Å². The Kier molecular flexibility index (Phi) is 5.54. The van der Waals surface area contributed by atoms with Crippen LogP contribution >= 0.6 is 0 Å². The highest BCUT2D eigenvalue weighted by Gasteiger charge is 2.30. The van der Waals surface area contributed by atoms with Crippen LogP contribution < -0.4 is 10.1 Å². The van der Waals surface area contributed by atoms with E-state index in [1.165, 1.54) is 12.1 Å². The largest absolute Gasteiger partial charge is 0.459 e. The number of hydrogen-bond donors (Lipinski definition) is 1. The Labute approximate surface area is 152 Å². The van der Waals surface area contributed by atoms with Crippen molar-refractivity contribution in [3.63, 3.8) is 0 Å². The SMILES string of the molecule is Fc1cnc(OCc2ccccc2)nc1NCc1cccc(C(F)(F)F)c1. The van der Waals surface area contributed by atoms with Gasteiger partial charge in [-0.05, 0) is 23.3 Å². The van der Waals surface area contributed by atoms with Gasteiger partial charge < -0.3 is 10.1 Å². The minimum absolute atomic E-state index is 0.0318. The van der Waals surface area contributed by atoms with Crippen molar-refractivity contribution in [2.75, 3.05) is 5.32 Å². The molecule has 0 aliphatic carbocycles. The van der Waals surface area contributed by atoms with Gasteiger partial charge in [0.2, 0.25) is 0 Å². The molecule has 0 saturated carbocycles. The zero-order valence-corrected chi connectivity index (χ0v) is 14.0. The first-order chi connectivity index (χ1) is 12.9. The summed E-state index contributed by atoms with van der Waals surface area (Å²) in [6.07, 6.45) is -3.49. The molecule has 140 valence electrons. The first kappa shape index (κ1) is 18.6. The summed E-state index contributed by atoms with van der Waals surface area (Å²) in [5.41, 5.74) is 0.468. The van der Waals surface area contributed by atoms with E-state index in [4.69, 9.17) is 4.74 Å². The number of alkyl halides is 3. The van der Waals surface area contributed by atoms with E-state index < -0.39 is 17.6 Å². The second-order valence-corrected chi connectivity index (χ2v) is 5.68. The molecule has 1 N–H and O–H groups in total. The third-order valence-electron chi connectivity index (χ3n) is 3.65. The summed E-state index contributed by atoms with van der Waals surface area (Å²) in [6, 6.07) is 14.0. The Morgan fingerprint density at radius 1 is 0.963 bits per heavy atom. The number of nitrogens with one attached hydrogen (secondary N) is 1. The number of aromatic nitrogens is 2. The molecule has 1 aromatic heterocycles. The summed E-state index contributed by atoms with van der Waals surface area (Å²) in [4.78, 5) is 7.69. The van der Waals surface area contributed by atoms with Crippen LogP contribution in [-0.2, 0) is 19.3 Å². The molecule has 0 aliphatic heterocycles. The average molecular weight is 377 g/mol. The maximum absolute atomic E-state index is 13.9. The maximum Gasteiger partial charge on any atom is 0.416 e. The molecule has 0 saturated heterocycles. The van der Waals surface area contributed by atoms with Crippen molar-refractivity contribution in [3.8, 4) is 6.01 Å². The minimum Gasteiger partial charge on any atom is -0.459 e. The maximum atomic E-state index is 13.9. The number of rotatable bonds is 6. The van der Waals surface area contributed by atoms with Crippen LogP contribution in [0.3, 0.4) is 0 Å². The molecule has 0 fully saturated rings. The molecule has 1 heterocycles. The number of halogens is 4. The Morgan fingerprint density at radius 2 is 1.70 bits per heavy atom. The fourth-order valence-electron chi connectivity index (χ4n) is 2.31. The lowest BCUT2D eigenvalue weighted by molar-refractivity contribution is -0.137. The molecular weight excluding hydrogens is 362 g/mol. The number of benzene rings is 2. The van der Waals surface area contributed by atoms with Crippen molar-refractivity contribution in [3.05, 3.63) is 83.3 Å². The Morgan fingerprint density at radius 3 is 2.44 bits per heavy atom. The molecule has 0 spiro atoms. The highest BCUT2D eigenvalue weighted by Crippen LogP contribution is 2.29. The van der Waals surface area contributed by atoms with Gasteiger partial charge in [-0.3, -0.25) is 0 Å². The molecule has 0 aliphatic rings. The standard InChI is InChI=1S/C19H15F4N3O/c20-16-11-25-18(27-12-13-5-2-1-3-6-13)26-17(16)24-10-14-7-4-8-15(9-14)19(21,22)23/h1-9,11H,10,12H2,(H,24,25,26). The molecule has 2 aromatic carbocycles. The topological polar surface area (TPSA) is 47.0 Å². The van der Waals surface area contributed by atoms with Crippen LogP contribution in [0.5, 0.6) is 6.01 Å². The van der Waals surface area contributed by atoms with Crippen LogP contribution in [0, 0.1) is 5.82 Å². The van der Waals surface area contributed by atoms with Gasteiger partial charge in [-0.15, -0.1) is 0 Å². The lowest BCUT2D eigenvalue weighted by atomic mass is 10.1. The zero-order valence-electron chi connectivity index (χ0n) is 14.0. The van der Waals surface area contributed by atoms with Gasteiger partial charge >= 0.3 is 12.2 Å². The number of ether oxygens (including phenoxy) is 1. The molecule has 3 aromatic rings. The van der Waals surface area contributed by atoms with Crippen molar-refractivity contribution >= 4 is 5.82 Å². The second-order valence-electron chi connectivity index (χ2n) is 5.68. The highest BCUT2D eigenvalue weighted by molar-refractivity contribution is 5.38. The smallest absolute Gasteiger partial charge is 0.416 e. The van der Waals surface area contributed by atoms with Crippen LogP contribution in [0.1, 0.15) is 16.7 Å². The second kappa shape index (κ2) is 8.03. The summed E-state index contributed by atoms with van der Waals surface area (Å²) in [5.74, 6) is -0.875. The van der Waals surface area contributed by atoms with E-state index in [0.29, 0.717) is 5.56 Å². The van der Waals surface area contributed by atoms with Gasteiger partial charge in [0.05, 0.1) is 11.8 Å². The molecule has 0 unspecified atom stereocenters. The van der Waals surface area contributed by atoms with Crippen molar-refractivity contribution in [2.45, 2.75) is 19.3 Å². The van der Waals surface area contributed by atoms with Gasteiger partial charge in [-0.1, -0.05) is 42.5 Å². The Balaban J connectivity index is 1.66. The molecule has 0 radical (unpaired) electrons. The minimum atomic E-state index is -4.44. The summed E-state index contributed by atoms with van der Waals surface area (Å²) in [6.45, 7) is 0.176. The van der Waals surface area contributed by atoms with E-state index in [1.807, 2.05) is 30.3 Å². The van der Waals surface area contributed by atoms with Crippen LogP contribution in [0.2, 0.25) is 0 Å². The highest BCUT2D eigenvalue weighted by atomic mass is 19.4. The molecule has 3 rings (SSSR count). The Bertz CT molecular complexity index is 901. The molecule has 0 bridgehead atoms. The van der Waals surface area contributed by atoms with Crippen LogP contribution in [0.15, 0.2) is 60.8 Å². The van der Waals surface area contributed by atoms with E-state index in [-0.39, 0.29) is 25.0 Å². The summed E-state index contributed by atoms with van der Waals surface area (Å²) in [5, 5.41) is 2.67.